The van der Waals surface area contributed by atoms with E-state index in [0.29, 0.717) is 42.8 Å². The summed E-state index contributed by atoms with van der Waals surface area (Å²) in [4.78, 5) is 0. The fourth-order valence-corrected chi connectivity index (χ4v) is 6.80. The number of hydrogen-bond donors (Lipinski definition) is 0. The number of rotatable bonds is 8. The fourth-order valence-electron chi connectivity index (χ4n) is 6.80. The van der Waals surface area contributed by atoms with Crippen LogP contribution in [-0.4, -0.2) is 0 Å². The van der Waals surface area contributed by atoms with Crippen LogP contribution in [0.15, 0.2) is 103 Å². The summed E-state index contributed by atoms with van der Waals surface area (Å²) in [6, 6.07) is 31.7. The van der Waals surface area contributed by atoms with Crippen LogP contribution in [0.4, 0.5) is 4.39 Å². The molecule has 0 heterocycles. The van der Waals surface area contributed by atoms with E-state index in [0.717, 1.165) is 17.1 Å². The third-order valence-corrected chi connectivity index (χ3v) is 8.43. The number of benzene rings is 4. The van der Waals surface area contributed by atoms with E-state index >= 15 is 0 Å². The molecule has 5 atom stereocenters. The smallest absolute Gasteiger partial charge is 0.123 e. The van der Waals surface area contributed by atoms with Crippen LogP contribution in [0.1, 0.15) is 46.1 Å². The second kappa shape index (κ2) is 9.23. The van der Waals surface area contributed by atoms with Crippen LogP contribution in [0.2, 0.25) is 0 Å². The van der Waals surface area contributed by atoms with Crippen molar-refractivity contribution in [2.75, 3.05) is 0 Å². The third-order valence-electron chi connectivity index (χ3n) is 8.43. The average molecular weight is 489 g/mol. The number of allylic oxidation sites excluding steroid dienone is 1. The molecule has 0 spiro atoms. The predicted octanol–water partition coefficient (Wildman–Crippen LogP) is 8.14. The van der Waals surface area contributed by atoms with Gasteiger partial charge in [0.2, 0.25) is 0 Å². The molecular formula is C34H29FO2. The van der Waals surface area contributed by atoms with E-state index in [9.17, 15) is 4.39 Å². The van der Waals surface area contributed by atoms with Crippen molar-refractivity contribution < 1.29 is 13.9 Å². The summed E-state index contributed by atoms with van der Waals surface area (Å²) in [5, 5.41) is 0. The average Bonchev–Trinajstić information content (AvgIpc) is 3.36. The summed E-state index contributed by atoms with van der Waals surface area (Å²) in [5.74, 6) is 4.66. The van der Waals surface area contributed by atoms with Crippen molar-refractivity contribution in [3.05, 3.63) is 137 Å². The van der Waals surface area contributed by atoms with Gasteiger partial charge in [-0.2, -0.15) is 0 Å². The molecule has 0 radical (unpaired) electrons. The van der Waals surface area contributed by atoms with Crippen molar-refractivity contribution in [1.82, 2.24) is 0 Å². The molecule has 4 aromatic carbocycles. The summed E-state index contributed by atoms with van der Waals surface area (Å²) in [6.45, 7) is 1.13. The molecule has 7 rings (SSSR count). The second-order valence-corrected chi connectivity index (χ2v) is 10.5. The van der Waals surface area contributed by atoms with Gasteiger partial charge in [0.15, 0.2) is 0 Å². The third kappa shape index (κ3) is 4.13. The van der Waals surface area contributed by atoms with Crippen molar-refractivity contribution in [1.29, 1.82) is 0 Å². The van der Waals surface area contributed by atoms with Gasteiger partial charge in [0.05, 0.1) is 0 Å². The first kappa shape index (κ1) is 22.4. The molecule has 2 fully saturated rings. The van der Waals surface area contributed by atoms with Gasteiger partial charge in [-0.05, 0) is 77.0 Å². The molecule has 37 heavy (non-hydrogen) atoms. The van der Waals surface area contributed by atoms with E-state index in [4.69, 9.17) is 9.47 Å². The monoisotopic (exact) mass is 488 g/mol. The van der Waals surface area contributed by atoms with Crippen LogP contribution in [0.3, 0.4) is 0 Å². The first-order chi connectivity index (χ1) is 18.3. The van der Waals surface area contributed by atoms with E-state index in [1.165, 1.54) is 40.8 Å². The van der Waals surface area contributed by atoms with Crippen molar-refractivity contribution in [2.45, 2.75) is 31.5 Å². The highest BCUT2D eigenvalue weighted by Gasteiger charge is 2.67. The van der Waals surface area contributed by atoms with Gasteiger partial charge in [0.1, 0.15) is 30.5 Å². The Morgan fingerprint density at radius 1 is 0.649 bits per heavy atom. The van der Waals surface area contributed by atoms with E-state index in [1.807, 2.05) is 24.3 Å². The van der Waals surface area contributed by atoms with Gasteiger partial charge in [-0.15, -0.1) is 0 Å². The Balaban J connectivity index is 1.17. The van der Waals surface area contributed by atoms with Gasteiger partial charge in [0.25, 0.3) is 0 Å². The molecule has 0 aromatic heterocycles. The highest BCUT2D eigenvalue weighted by molar-refractivity contribution is 5.61. The molecule has 3 aliphatic carbocycles. The number of fused-ring (bicyclic) bond motifs is 8. The number of ether oxygens (including phenoxy) is 2. The molecule has 4 aromatic rings. The minimum Gasteiger partial charge on any atom is -0.489 e. The summed E-state index contributed by atoms with van der Waals surface area (Å²) < 4.78 is 26.2. The maximum absolute atomic E-state index is 13.3. The van der Waals surface area contributed by atoms with Crippen molar-refractivity contribution in [3.63, 3.8) is 0 Å². The van der Waals surface area contributed by atoms with Gasteiger partial charge < -0.3 is 9.47 Å². The lowest BCUT2D eigenvalue weighted by Crippen LogP contribution is -2.08. The standard InChI is InChI=1S/C34H29FO2/c35-25-14-11-22(12-15-25)13-16-26-31-27-19-28(32(26)31)34-30(37-21-24-9-5-2-6-10-24)18-17-29(33(27)34)36-20-23-7-3-1-4-8-23/h1-18,26-28,31-32H,19-21H2/b16-13+/t26?,27-,28+,31+,32-. The molecule has 0 aliphatic heterocycles. The van der Waals surface area contributed by atoms with Crippen molar-refractivity contribution in [3.8, 4) is 11.5 Å². The Bertz CT molecular complexity index is 1350. The molecule has 2 nitrogen and oxygen atoms in total. The summed E-state index contributed by atoms with van der Waals surface area (Å²) in [7, 11) is 0. The Morgan fingerprint density at radius 3 is 1.68 bits per heavy atom. The molecule has 2 saturated carbocycles. The number of halogens is 1. The quantitative estimate of drug-likeness (QED) is 0.249. The minimum absolute atomic E-state index is 0.194. The second-order valence-electron chi connectivity index (χ2n) is 10.5. The Morgan fingerprint density at radius 2 is 1.16 bits per heavy atom. The minimum atomic E-state index is -0.194. The zero-order valence-corrected chi connectivity index (χ0v) is 20.6. The Kier molecular flexibility index (Phi) is 5.57. The molecule has 3 heteroatoms. The molecule has 0 saturated heterocycles. The molecule has 0 amide bonds. The maximum atomic E-state index is 13.3. The molecule has 1 unspecified atom stereocenters. The van der Waals surface area contributed by atoms with Crippen LogP contribution in [0, 0.1) is 23.6 Å². The molecule has 3 aliphatic rings. The van der Waals surface area contributed by atoms with E-state index in [2.05, 4.69) is 72.8 Å². The van der Waals surface area contributed by atoms with Gasteiger partial charge in [-0.25, -0.2) is 4.39 Å². The van der Waals surface area contributed by atoms with E-state index in [-0.39, 0.29) is 5.82 Å². The van der Waals surface area contributed by atoms with Crippen LogP contribution in [0.25, 0.3) is 6.08 Å². The fraction of sp³-hybridized carbons (Fsp3) is 0.235. The zero-order chi connectivity index (χ0) is 24.8. The molecule has 184 valence electrons. The number of hydrogen-bond acceptors (Lipinski definition) is 2. The molecule has 0 N–H and O–H groups in total. The Labute approximate surface area is 217 Å². The zero-order valence-electron chi connectivity index (χ0n) is 20.6. The first-order valence-electron chi connectivity index (χ1n) is 13.2. The predicted molar refractivity (Wildman–Crippen MR) is 144 cm³/mol. The van der Waals surface area contributed by atoms with Gasteiger partial charge in [-0.3, -0.25) is 0 Å². The lowest BCUT2D eigenvalue weighted by atomic mass is 9.90. The molecular weight excluding hydrogens is 459 g/mol. The van der Waals surface area contributed by atoms with E-state index in [1.54, 1.807) is 0 Å². The van der Waals surface area contributed by atoms with Crippen molar-refractivity contribution >= 4 is 6.08 Å². The normalized spacial score (nSPS) is 24.6. The lowest BCUT2D eigenvalue weighted by molar-refractivity contribution is 0.290. The topological polar surface area (TPSA) is 18.5 Å². The first-order valence-corrected chi connectivity index (χ1v) is 13.2. The molecule has 2 bridgehead atoms. The summed E-state index contributed by atoms with van der Waals surface area (Å²) >= 11 is 0. The SMILES string of the molecule is Fc1ccc(/C=C/C2[C@@H]3[C@H]2[C@@H]2C[C@H]3c3c(OCc4ccccc4)ccc(OCc4ccccc4)c32)cc1. The van der Waals surface area contributed by atoms with Gasteiger partial charge >= 0.3 is 0 Å². The highest BCUT2D eigenvalue weighted by Crippen LogP contribution is 2.76. The van der Waals surface area contributed by atoms with Crippen LogP contribution in [0.5, 0.6) is 11.5 Å². The van der Waals surface area contributed by atoms with Gasteiger partial charge in [0, 0.05) is 11.1 Å². The highest BCUT2D eigenvalue weighted by atomic mass is 19.1. The van der Waals surface area contributed by atoms with Crippen LogP contribution >= 0.6 is 0 Å². The maximum Gasteiger partial charge on any atom is 0.123 e. The van der Waals surface area contributed by atoms with Crippen LogP contribution in [-0.2, 0) is 13.2 Å². The largest absolute Gasteiger partial charge is 0.489 e. The summed E-state index contributed by atoms with van der Waals surface area (Å²) in [5.41, 5.74) is 6.13. The Hall–Kier alpha value is -3.85. The van der Waals surface area contributed by atoms with Gasteiger partial charge in [-0.1, -0.05) is 84.9 Å². The van der Waals surface area contributed by atoms with Crippen molar-refractivity contribution in [2.24, 2.45) is 17.8 Å². The van der Waals surface area contributed by atoms with E-state index < -0.39 is 0 Å². The lowest BCUT2D eigenvalue weighted by Gasteiger charge is -2.22. The summed E-state index contributed by atoms with van der Waals surface area (Å²) in [6.07, 6.45) is 5.69. The van der Waals surface area contributed by atoms with Crippen LogP contribution < -0.4 is 9.47 Å².